The molecule has 0 saturated carbocycles. The van der Waals surface area contributed by atoms with Crippen molar-refractivity contribution in [3.05, 3.63) is 90.0 Å². The number of carbonyl (C=O) groups is 2. The van der Waals surface area contributed by atoms with Crippen LogP contribution in [0.2, 0.25) is 0 Å². The van der Waals surface area contributed by atoms with Gasteiger partial charge in [-0.25, -0.2) is 0 Å². The fraction of sp³-hybridized carbons (Fsp3) is 0.130. The molecule has 3 aromatic rings. The number of nitrogen functional groups attached to an aromatic ring is 1. The highest BCUT2D eigenvalue weighted by atomic mass is 16.2. The summed E-state index contributed by atoms with van der Waals surface area (Å²) >= 11 is 0. The Morgan fingerprint density at radius 2 is 1.46 bits per heavy atom. The van der Waals surface area contributed by atoms with E-state index in [4.69, 9.17) is 5.73 Å². The smallest absolute Gasteiger partial charge is 0.255 e. The van der Waals surface area contributed by atoms with Gasteiger partial charge in [-0.1, -0.05) is 42.5 Å². The molecule has 0 aliphatic rings. The second kappa shape index (κ2) is 9.37. The number of aryl methyl sites for hydroxylation is 1. The summed E-state index contributed by atoms with van der Waals surface area (Å²) in [7, 11) is 0. The van der Waals surface area contributed by atoms with Crippen molar-refractivity contribution < 1.29 is 9.59 Å². The summed E-state index contributed by atoms with van der Waals surface area (Å²) in [4.78, 5) is 24.4. The average molecular weight is 373 g/mol. The van der Waals surface area contributed by atoms with Crippen LogP contribution in [0.3, 0.4) is 0 Å². The highest BCUT2D eigenvalue weighted by molar-refractivity contribution is 6.06. The van der Waals surface area contributed by atoms with E-state index in [2.05, 4.69) is 22.8 Å². The topological polar surface area (TPSA) is 84.2 Å². The van der Waals surface area contributed by atoms with Crippen molar-refractivity contribution >= 4 is 28.9 Å². The number of rotatable bonds is 7. The van der Waals surface area contributed by atoms with E-state index in [9.17, 15) is 9.59 Å². The molecule has 0 spiro atoms. The van der Waals surface area contributed by atoms with Crippen molar-refractivity contribution in [2.75, 3.05) is 16.4 Å². The molecule has 0 aliphatic heterocycles. The highest BCUT2D eigenvalue weighted by Crippen LogP contribution is 2.18. The molecular formula is C23H23N3O2. The predicted octanol–water partition coefficient (Wildman–Crippen LogP) is 4.48. The van der Waals surface area contributed by atoms with Gasteiger partial charge in [-0.3, -0.25) is 9.59 Å². The second-order valence-corrected chi connectivity index (χ2v) is 6.51. The third kappa shape index (κ3) is 5.45. The second-order valence-electron chi connectivity index (χ2n) is 6.51. The van der Waals surface area contributed by atoms with E-state index in [0.29, 0.717) is 29.0 Å². The lowest BCUT2D eigenvalue weighted by Crippen LogP contribution is -2.14. The number of hydrogen-bond donors (Lipinski definition) is 3. The van der Waals surface area contributed by atoms with Crippen LogP contribution in [0.4, 0.5) is 17.1 Å². The maximum Gasteiger partial charge on any atom is 0.255 e. The van der Waals surface area contributed by atoms with Gasteiger partial charge in [0.15, 0.2) is 0 Å². The molecule has 3 rings (SSSR count). The van der Waals surface area contributed by atoms with Gasteiger partial charge in [-0.15, -0.1) is 0 Å². The molecular weight excluding hydrogens is 350 g/mol. The molecule has 0 radical (unpaired) electrons. The lowest BCUT2D eigenvalue weighted by Gasteiger charge is -2.09. The van der Waals surface area contributed by atoms with Crippen molar-refractivity contribution in [1.29, 1.82) is 0 Å². The van der Waals surface area contributed by atoms with E-state index in [1.54, 1.807) is 36.4 Å². The summed E-state index contributed by atoms with van der Waals surface area (Å²) in [6, 6.07) is 24.0. The average Bonchev–Trinajstić information content (AvgIpc) is 2.71. The molecule has 28 heavy (non-hydrogen) atoms. The van der Waals surface area contributed by atoms with Crippen LogP contribution in [0.1, 0.15) is 28.8 Å². The standard InChI is InChI=1S/C23H23N3O2/c24-20-10-4-5-11-21(20)26-23(28)18-13-15-19(16-14-18)25-22(27)12-6-9-17-7-2-1-3-8-17/h1-5,7-8,10-11,13-16H,6,9,12,24H2,(H,25,27)(H,26,28). The van der Waals surface area contributed by atoms with Crippen molar-refractivity contribution in [3.63, 3.8) is 0 Å². The largest absolute Gasteiger partial charge is 0.397 e. The van der Waals surface area contributed by atoms with Crippen molar-refractivity contribution in [3.8, 4) is 0 Å². The van der Waals surface area contributed by atoms with Crippen LogP contribution in [-0.4, -0.2) is 11.8 Å². The zero-order valence-electron chi connectivity index (χ0n) is 15.5. The summed E-state index contributed by atoms with van der Waals surface area (Å²) in [6.07, 6.45) is 2.11. The zero-order chi connectivity index (χ0) is 19.8. The summed E-state index contributed by atoms with van der Waals surface area (Å²) in [5.74, 6) is -0.288. The third-order valence-electron chi connectivity index (χ3n) is 4.35. The Kier molecular flexibility index (Phi) is 6.41. The number of nitrogens with one attached hydrogen (secondary N) is 2. The zero-order valence-corrected chi connectivity index (χ0v) is 15.5. The molecule has 2 amide bonds. The van der Waals surface area contributed by atoms with Crippen LogP contribution in [0.5, 0.6) is 0 Å². The fourth-order valence-electron chi connectivity index (χ4n) is 2.83. The van der Waals surface area contributed by atoms with Crippen LogP contribution in [-0.2, 0) is 11.2 Å². The lowest BCUT2D eigenvalue weighted by atomic mass is 10.1. The Bertz CT molecular complexity index is 938. The van der Waals surface area contributed by atoms with Gasteiger partial charge in [0.1, 0.15) is 0 Å². The number of nitrogens with two attached hydrogens (primary N) is 1. The van der Waals surface area contributed by atoms with Gasteiger partial charge in [0.05, 0.1) is 11.4 Å². The van der Waals surface area contributed by atoms with Crippen LogP contribution in [0.15, 0.2) is 78.9 Å². The number of anilines is 3. The first-order valence-corrected chi connectivity index (χ1v) is 9.21. The Balaban J connectivity index is 1.49. The summed E-state index contributed by atoms with van der Waals surface area (Å²) in [5, 5.41) is 5.64. The van der Waals surface area contributed by atoms with Gasteiger partial charge in [-0.2, -0.15) is 0 Å². The van der Waals surface area contributed by atoms with E-state index < -0.39 is 0 Å². The summed E-state index contributed by atoms with van der Waals surface area (Å²) in [6.45, 7) is 0. The van der Waals surface area contributed by atoms with Gasteiger partial charge in [-0.05, 0) is 54.8 Å². The Morgan fingerprint density at radius 3 is 2.18 bits per heavy atom. The molecule has 0 atom stereocenters. The van der Waals surface area contributed by atoms with E-state index in [-0.39, 0.29) is 11.8 Å². The minimum atomic E-state index is -0.251. The van der Waals surface area contributed by atoms with Crippen LogP contribution < -0.4 is 16.4 Å². The van der Waals surface area contributed by atoms with E-state index in [0.717, 1.165) is 12.8 Å². The highest BCUT2D eigenvalue weighted by Gasteiger charge is 2.09. The molecule has 0 heterocycles. The van der Waals surface area contributed by atoms with Crippen LogP contribution >= 0.6 is 0 Å². The molecule has 3 aromatic carbocycles. The number of amides is 2. The van der Waals surface area contributed by atoms with Gasteiger partial charge >= 0.3 is 0 Å². The molecule has 0 bridgehead atoms. The maximum atomic E-state index is 12.3. The van der Waals surface area contributed by atoms with E-state index in [1.165, 1.54) is 5.56 Å². The van der Waals surface area contributed by atoms with E-state index >= 15 is 0 Å². The number of para-hydroxylation sites is 2. The number of carbonyl (C=O) groups excluding carboxylic acids is 2. The van der Waals surface area contributed by atoms with Crippen molar-refractivity contribution in [1.82, 2.24) is 0 Å². The normalized spacial score (nSPS) is 10.3. The molecule has 0 saturated heterocycles. The Labute approximate surface area is 164 Å². The molecule has 0 unspecified atom stereocenters. The Morgan fingerprint density at radius 1 is 0.786 bits per heavy atom. The van der Waals surface area contributed by atoms with Crippen molar-refractivity contribution in [2.45, 2.75) is 19.3 Å². The maximum absolute atomic E-state index is 12.3. The minimum absolute atomic E-state index is 0.0369. The SMILES string of the molecule is Nc1ccccc1NC(=O)c1ccc(NC(=O)CCCc2ccccc2)cc1. The molecule has 4 N–H and O–H groups in total. The van der Waals surface area contributed by atoms with Crippen molar-refractivity contribution in [2.24, 2.45) is 0 Å². The van der Waals surface area contributed by atoms with Gasteiger partial charge in [0, 0.05) is 17.7 Å². The van der Waals surface area contributed by atoms with Crippen LogP contribution in [0.25, 0.3) is 0 Å². The van der Waals surface area contributed by atoms with Gasteiger partial charge in [0.25, 0.3) is 5.91 Å². The molecule has 0 fully saturated rings. The molecule has 0 aliphatic carbocycles. The lowest BCUT2D eigenvalue weighted by molar-refractivity contribution is -0.116. The fourth-order valence-corrected chi connectivity index (χ4v) is 2.83. The predicted molar refractivity (Wildman–Crippen MR) is 113 cm³/mol. The first kappa shape index (κ1) is 19.2. The monoisotopic (exact) mass is 373 g/mol. The number of hydrogen-bond acceptors (Lipinski definition) is 3. The third-order valence-corrected chi connectivity index (χ3v) is 4.35. The molecule has 142 valence electrons. The summed E-state index contributed by atoms with van der Waals surface area (Å²) in [5.41, 5.74) is 9.31. The first-order valence-electron chi connectivity index (χ1n) is 9.21. The minimum Gasteiger partial charge on any atom is -0.397 e. The Hall–Kier alpha value is -3.60. The summed E-state index contributed by atoms with van der Waals surface area (Å²) < 4.78 is 0. The van der Waals surface area contributed by atoms with Crippen LogP contribution in [0, 0.1) is 0 Å². The first-order chi connectivity index (χ1) is 13.6. The van der Waals surface area contributed by atoms with E-state index in [1.807, 2.05) is 30.3 Å². The molecule has 5 heteroatoms. The quantitative estimate of drug-likeness (QED) is 0.534. The molecule has 0 aromatic heterocycles. The van der Waals surface area contributed by atoms with Gasteiger partial charge < -0.3 is 16.4 Å². The van der Waals surface area contributed by atoms with Gasteiger partial charge in [0.2, 0.25) is 5.91 Å². The number of benzene rings is 3. The molecule has 5 nitrogen and oxygen atoms in total.